The Morgan fingerprint density at radius 3 is 1.13 bits per heavy atom. The van der Waals surface area contributed by atoms with Crippen LogP contribution in [0.5, 0.6) is 0 Å². The summed E-state index contributed by atoms with van der Waals surface area (Å²) < 4.78 is 4.51. The molecule has 0 radical (unpaired) electrons. The monoisotopic (exact) mass is 666 g/mol. The van der Waals surface area contributed by atoms with E-state index in [0.29, 0.717) is 0 Å². The van der Waals surface area contributed by atoms with Crippen molar-refractivity contribution in [2.75, 3.05) is 0 Å². The van der Waals surface area contributed by atoms with Gasteiger partial charge in [0.2, 0.25) is 0 Å². The second kappa shape index (κ2) is 11.1. The molecule has 6 heterocycles. The zero-order chi connectivity index (χ0) is 34.2. The molecule has 0 unspecified atom stereocenters. The highest BCUT2D eigenvalue weighted by Crippen LogP contribution is 2.41. The van der Waals surface area contributed by atoms with Gasteiger partial charge >= 0.3 is 0 Å². The zero-order valence-electron chi connectivity index (χ0n) is 27.6. The number of benzene rings is 5. The van der Waals surface area contributed by atoms with Gasteiger partial charge in [-0.15, -0.1) is 0 Å². The molecule has 0 bridgehead atoms. The van der Waals surface area contributed by atoms with Crippen molar-refractivity contribution in [2.45, 2.75) is 0 Å². The Morgan fingerprint density at radius 2 is 0.712 bits per heavy atom. The predicted molar refractivity (Wildman–Crippen MR) is 208 cm³/mol. The molecule has 0 aliphatic rings. The number of hydrogen-bond acceptors (Lipinski definition) is 6. The molecule has 52 heavy (non-hydrogen) atoms. The van der Waals surface area contributed by atoms with Gasteiger partial charge in [0.25, 0.3) is 0 Å². The van der Waals surface area contributed by atoms with Crippen molar-refractivity contribution in [2.24, 2.45) is 0 Å². The van der Waals surface area contributed by atoms with Crippen LogP contribution in [0.2, 0.25) is 0 Å². The number of para-hydroxylation sites is 2. The van der Waals surface area contributed by atoms with E-state index in [-0.39, 0.29) is 0 Å². The molecule has 8 nitrogen and oxygen atoms in total. The lowest BCUT2D eigenvalue weighted by atomic mass is 10.1. The van der Waals surface area contributed by atoms with Crippen molar-refractivity contribution < 1.29 is 0 Å². The lowest BCUT2D eigenvalue weighted by Crippen LogP contribution is -2.00. The second-order valence-corrected chi connectivity index (χ2v) is 12.8. The van der Waals surface area contributed by atoms with Crippen LogP contribution in [0.3, 0.4) is 0 Å². The third-order valence-electron chi connectivity index (χ3n) is 9.86. The largest absolute Gasteiger partial charge is 0.292 e. The Bertz CT molecular complexity index is 2970. The Hall–Kier alpha value is -7.32. The van der Waals surface area contributed by atoms with E-state index in [0.717, 1.165) is 99.8 Å². The van der Waals surface area contributed by atoms with Gasteiger partial charge in [0.15, 0.2) is 0 Å². The van der Waals surface area contributed by atoms with Crippen molar-refractivity contribution in [3.8, 4) is 34.2 Å². The highest BCUT2D eigenvalue weighted by atomic mass is 15.1. The predicted octanol–water partition coefficient (Wildman–Crippen LogP) is 9.89. The molecule has 0 fully saturated rings. The SMILES string of the molecule is c1ccc(-n2c(-c3cccc(-c4nc5c6cccnc6c6ncccc6c5n4-c4ccccc4)c3)nc3c4cccnc4c4ncccc4c32)cc1. The highest BCUT2D eigenvalue weighted by Gasteiger charge is 2.24. The van der Waals surface area contributed by atoms with E-state index in [1.807, 2.05) is 61.2 Å². The van der Waals surface area contributed by atoms with Crippen LogP contribution < -0.4 is 0 Å². The van der Waals surface area contributed by atoms with Gasteiger partial charge in [0.05, 0.1) is 44.1 Å². The Kier molecular flexibility index (Phi) is 6.08. The molecule has 11 rings (SSSR count). The maximum Gasteiger partial charge on any atom is 0.145 e. The lowest BCUT2D eigenvalue weighted by Gasteiger charge is -2.13. The number of fused-ring (bicyclic) bond motifs is 12. The van der Waals surface area contributed by atoms with Crippen LogP contribution in [0.25, 0.3) is 99.8 Å². The van der Waals surface area contributed by atoms with E-state index in [1.165, 1.54) is 0 Å². The summed E-state index contributed by atoms with van der Waals surface area (Å²) in [6.45, 7) is 0. The van der Waals surface area contributed by atoms with Crippen LogP contribution in [-0.2, 0) is 0 Å². The smallest absolute Gasteiger partial charge is 0.145 e. The van der Waals surface area contributed by atoms with Crippen molar-refractivity contribution in [1.29, 1.82) is 0 Å². The van der Waals surface area contributed by atoms with Crippen LogP contribution in [0.1, 0.15) is 0 Å². The van der Waals surface area contributed by atoms with Crippen LogP contribution in [0, 0.1) is 0 Å². The molecule has 0 saturated carbocycles. The summed E-state index contributed by atoms with van der Waals surface area (Å²) in [5.41, 5.74) is 11.0. The van der Waals surface area contributed by atoms with Crippen LogP contribution >= 0.6 is 0 Å². The van der Waals surface area contributed by atoms with E-state index in [4.69, 9.17) is 29.9 Å². The average molecular weight is 667 g/mol. The third kappa shape index (κ3) is 4.09. The van der Waals surface area contributed by atoms with E-state index in [1.54, 1.807) is 0 Å². The topological polar surface area (TPSA) is 87.2 Å². The number of nitrogens with zero attached hydrogens (tertiary/aromatic N) is 8. The highest BCUT2D eigenvalue weighted by molar-refractivity contribution is 6.23. The molecule has 5 aromatic carbocycles. The molecule has 0 saturated heterocycles. The summed E-state index contributed by atoms with van der Waals surface area (Å²) >= 11 is 0. The van der Waals surface area contributed by atoms with Gasteiger partial charge in [0.1, 0.15) is 11.6 Å². The molecule has 0 N–H and O–H groups in total. The lowest BCUT2D eigenvalue weighted by molar-refractivity contribution is 1.10. The van der Waals surface area contributed by atoms with E-state index in [2.05, 4.69) is 106 Å². The molecule has 8 heteroatoms. The van der Waals surface area contributed by atoms with Gasteiger partial charge in [-0.2, -0.15) is 0 Å². The van der Waals surface area contributed by atoms with Gasteiger partial charge in [0, 0.05) is 68.8 Å². The first-order chi connectivity index (χ1) is 25.8. The number of pyridine rings is 4. The molecule has 0 spiro atoms. The maximum absolute atomic E-state index is 5.43. The van der Waals surface area contributed by atoms with Crippen molar-refractivity contribution in [3.05, 3.63) is 158 Å². The quantitative estimate of drug-likeness (QED) is 0.174. The van der Waals surface area contributed by atoms with E-state index in [9.17, 15) is 0 Å². The molecule has 0 aliphatic heterocycles. The van der Waals surface area contributed by atoms with Gasteiger partial charge in [-0.05, 0) is 78.9 Å². The number of imidazole rings is 2. The summed E-state index contributed by atoms with van der Waals surface area (Å²) in [5.74, 6) is 1.63. The van der Waals surface area contributed by atoms with Crippen molar-refractivity contribution >= 4 is 65.7 Å². The molecular formula is C44H26N8. The molecule has 0 amide bonds. The summed E-state index contributed by atoms with van der Waals surface area (Å²) in [4.78, 5) is 30.0. The van der Waals surface area contributed by atoms with Crippen LogP contribution in [-0.4, -0.2) is 39.0 Å². The number of aromatic nitrogens is 8. The van der Waals surface area contributed by atoms with Gasteiger partial charge in [-0.3, -0.25) is 29.1 Å². The van der Waals surface area contributed by atoms with Crippen molar-refractivity contribution in [3.63, 3.8) is 0 Å². The van der Waals surface area contributed by atoms with Crippen molar-refractivity contribution in [1.82, 2.24) is 39.0 Å². The standard InChI is InChI=1S/C44H26N8/c1-3-14-29(15-4-1)51-41-33-20-10-24-47-37(33)35-31(18-8-22-45-35)39(41)49-43(51)27-12-7-13-28(26-27)44-50-40-32-19-9-23-46-36(32)38-34(21-11-25-48-38)42(40)52(44)30-16-5-2-6-17-30/h1-26H. The Balaban J connectivity index is 1.24. The Morgan fingerprint density at radius 1 is 0.327 bits per heavy atom. The fourth-order valence-electron chi connectivity index (χ4n) is 7.69. The first-order valence-electron chi connectivity index (χ1n) is 17.1. The summed E-state index contributed by atoms with van der Waals surface area (Å²) in [7, 11) is 0. The van der Waals surface area contributed by atoms with Gasteiger partial charge in [-0.1, -0.05) is 54.6 Å². The normalized spacial score (nSPS) is 11.8. The molecule has 0 atom stereocenters. The molecule has 11 aromatic rings. The fraction of sp³-hybridized carbons (Fsp3) is 0. The number of hydrogen-bond donors (Lipinski definition) is 0. The van der Waals surface area contributed by atoms with E-state index < -0.39 is 0 Å². The molecular weight excluding hydrogens is 641 g/mol. The Labute approximate surface area is 296 Å². The zero-order valence-corrected chi connectivity index (χ0v) is 27.6. The average Bonchev–Trinajstić information content (AvgIpc) is 3.83. The summed E-state index contributed by atoms with van der Waals surface area (Å²) in [6.07, 6.45) is 7.29. The summed E-state index contributed by atoms with van der Waals surface area (Å²) in [5, 5.41) is 3.91. The maximum atomic E-state index is 5.43. The molecule has 242 valence electrons. The second-order valence-electron chi connectivity index (χ2n) is 12.8. The minimum atomic E-state index is 0.816. The van der Waals surface area contributed by atoms with Gasteiger partial charge < -0.3 is 0 Å². The first-order valence-corrected chi connectivity index (χ1v) is 17.1. The fourth-order valence-corrected chi connectivity index (χ4v) is 7.69. The third-order valence-corrected chi connectivity index (χ3v) is 9.86. The van der Waals surface area contributed by atoms with Crippen LogP contribution in [0.4, 0.5) is 0 Å². The number of rotatable bonds is 4. The van der Waals surface area contributed by atoms with Gasteiger partial charge in [-0.25, -0.2) is 9.97 Å². The minimum Gasteiger partial charge on any atom is -0.292 e. The van der Waals surface area contributed by atoms with E-state index >= 15 is 0 Å². The molecule has 0 aliphatic carbocycles. The van der Waals surface area contributed by atoms with Crippen LogP contribution in [0.15, 0.2) is 158 Å². The molecule has 6 aromatic heterocycles. The minimum absolute atomic E-state index is 0.816. The summed E-state index contributed by atoms with van der Waals surface area (Å²) in [6, 6.07) is 45.6. The first kappa shape index (κ1) is 28.5.